The Bertz CT molecular complexity index is 3150. The van der Waals surface area contributed by atoms with E-state index in [1.165, 1.54) is 6.39 Å². The Labute approximate surface area is 416 Å². The van der Waals surface area contributed by atoms with E-state index >= 15 is 0 Å². The van der Waals surface area contributed by atoms with Gasteiger partial charge in [-0.3, -0.25) is 19.0 Å². The number of hydrogen-bond donors (Lipinski definition) is 2. The van der Waals surface area contributed by atoms with Gasteiger partial charge in [0.05, 0.1) is 70.5 Å². The second-order valence-electron chi connectivity index (χ2n) is 14.2. The van der Waals surface area contributed by atoms with Crippen molar-refractivity contribution in [3.05, 3.63) is 117 Å². The number of ether oxygens (including phenoxy) is 6. The molecule has 0 spiro atoms. The highest BCUT2D eigenvalue weighted by Gasteiger charge is 2.25. The van der Waals surface area contributed by atoms with Crippen LogP contribution in [-0.4, -0.2) is 105 Å². The number of oxazole rings is 2. The Morgan fingerprint density at radius 1 is 0.600 bits per heavy atom. The Morgan fingerprint density at radius 2 is 1.09 bits per heavy atom. The predicted molar refractivity (Wildman–Crippen MR) is 258 cm³/mol. The van der Waals surface area contributed by atoms with Crippen LogP contribution < -0.4 is 29.6 Å². The summed E-state index contributed by atoms with van der Waals surface area (Å²) >= 11 is 6.42. The number of halogens is 2. The molecule has 0 aliphatic carbocycles. The summed E-state index contributed by atoms with van der Waals surface area (Å²) in [5.74, 6) is 0.696. The van der Waals surface area contributed by atoms with Gasteiger partial charge in [-0.2, -0.15) is 10.2 Å². The number of methoxy groups -OCH3 is 4. The molecule has 0 fully saturated rings. The van der Waals surface area contributed by atoms with Gasteiger partial charge in [-0.1, -0.05) is 0 Å². The van der Waals surface area contributed by atoms with E-state index in [1.54, 1.807) is 101 Å². The number of aromatic nitrogens is 8. The quantitative estimate of drug-likeness (QED) is 0.0770. The molecule has 0 atom stereocenters. The number of amides is 2. The first-order valence-electron chi connectivity index (χ1n) is 20.9. The van der Waals surface area contributed by atoms with Crippen LogP contribution in [0.1, 0.15) is 67.1 Å². The number of aryl methyl sites for hydroxylation is 2. The summed E-state index contributed by atoms with van der Waals surface area (Å²) in [5.41, 5.74) is 3.96. The second-order valence-corrected chi connectivity index (χ2v) is 15.7. The number of benzene rings is 2. The van der Waals surface area contributed by atoms with Crippen molar-refractivity contribution in [2.24, 2.45) is 14.1 Å². The average molecular weight is 1090 g/mol. The van der Waals surface area contributed by atoms with Gasteiger partial charge < -0.3 is 47.9 Å². The zero-order valence-electron chi connectivity index (χ0n) is 39.0. The lowest BCUT2D eigenvalue weighted by Crippen LogP contribution is -2.24. The summed E-state index contributed by atoms with van der Waals surface area (Å²) in [6.45, 7) is 4.42. The van der Waals surface area contributed by atoms with Gasteiger partial charge in [0, 0.05) is 55.8 Å². The molecule has 2 amide bonds. The highest BCUT2D eigenvalue weighted by molar-refractivity contribution is 9.10. The Kier molecular flexibility index (Phi) is 17.6. The van der Waals surface area contributed by atoms with E-state index in [4.69, 9.17) is 32.5 Å². The molecule has 0 aliphatic heterocycles. The number of hydrogen-bond acceptors (Lipinski definition) is 18. The van der Waals surface area contributed by atoms with Crippen LogP contribution in [0.15, 0.2) is 91.8 Å². The smallest absolute Gasteiger partial charge is 0.377 e. The average Bonchev–Trinajstić information content (AvgIpc) is 4.20. The zero-order valence-corrected chi connectivity index (χ0v) is 42.2. The topological polar surface area (TPSA) is 261 Å². The van der Waals surface area contributed by atoms with Gasteiger partial charge >= 0.3 is 11.9 Å². The van der Waals surface area contributed by atoms with Crippen LogP contribution in [0, 0.1) is 0 Å². The first-order valence-corrected chi connectivity index (χ1v) is 22.5. The van der Waals surface area contributed by atoms with E-state index < -0.39 is 17.8 Å². The standard InChI is InChI=1S/C23H23N5O6.C17H17BrN4O3.C6H6BrNO3/c1-5-33-23(30)21-20(25-12-34-21)19-15-11-26-28(2)17(15)9-16(27-19)22(29)24-10-13-6-7-14(31-3)8-18(13)32-4;1-22-14-7-13(21-16(18)12(14)9-20-22)17(23)19-8-10-4-5-11(24-2)6-15(10)25-3;1-2-10-6(9)4-5(7)8-3-11-4/h6-9,11-12H,5,10H2,1-4H3,(H,24,29);4-7,9H,8H2,1-3H3,(H,19,23);3H,2H2,1H3. The number of rotatable bonds is 15. The molecule has 366 valence electrons. The first kappa shape index (κ1) is 51.5. The van der Waals surface area contributed by atoms with E-state index in [9.17, 15) is 19.2 Å². The Balaban J connectivity index is 0.000000194. The van der Waals surface area contributed by atoms with Crippen molar-refractivity contribution in [3.8, 4) is 34.4 Å². The van der Waals surface area contributed by atoms with E-state index in [2.05, 4.69) is 77.4 Å². The summed E-state index contributed by atoms with van der Waals surface area (Å²) in [6, 6.07) is 14.1. The molecule has 70 heavy (non-hydrogen) atoms. The number of carbonyl (C=O) groups is 4. The summed E-state index contributed by atoms with van der Waals surface area (Å²) in [7, 11) is 9.84. The molecule has 22 nitrogen and oxygen atoms in total. The first-order chi connectivity index (χ1) is 33.7. The van der Waals surface area contributed by atoms with Crippen molar-refractivity contribution in [1.29, 1.82) is 0 Å². The largest absolute Gasteiger partial charge is 0.497 e. The van der Waals surface area contributed by atoms with Gasteiger partial charge in [-0.15, -0.1) is 0 Å². The van der Waals surface area contributed by atoms with Crippen LogP contribution in [0.4, 0.5) is 0 Å². The third-order valence-electron chi connectivity index (χ3n) is 10.0. The number of nitrogens with one attached hydrogen (secondary N) is 2. The van der Waals surface area contributed by atoms with Crippen LogP contribution in [0.25, 0.3) is 33.2 Å². The number of pyridine rings is 2. The maximum absolute atomic E-state index is 13.1. The molecule has 0 bridgehead atoms. The molecule has 2 aromatic carbocycles. The van der Waals surface area contributed by atoms with Crippen LogP contribution in [0.5, 0.6) is 23.0 Å². The minimum Gasteiger partial charge on any atom is -0.497 e. The Morgan fingerprint density at radius 3 is 1.59 bits per heavy atom. The number of nitrogens with zero attached hydrogens (tertiary/aromatic N) is 8. The van der Waals surface area contributed by atoms with Gasteiger partial charge in [0.2, 0.25) is 11.5 Å². The lowest BCUT2D eigenvalue weighted by atomic mass is 10.1. The van der Waals surface area contributed by atoms with E-state index in [0.29, 0.717) is 62.0 Å². The fraction of sp³-hybridized carbons (Fsp3) is 0.261. The summed E-state index contributed by atoms with van der Waals surface area (Å²) in [5, 5.41) is 15.6. The molecule has 0 saturated carbocycles. The van der Waals surface area contributed by atoms with E-state index in [1.807, 2.05) is 25.2 Å². The predicted octanol–water partition coefficient (Wildman–Crippen LogP) is 7.04. The molecule has 24 heteroatoms. The molecular formula is C46H46Br2N10O12. The van der Waals surface area contributed by atoms with Crippen molar-refractivity contribution < 1.29 is 56.4 Å². The van der Waals surface area contributed by atoms with Crippen molar-refractivity contribution in [2.45, 2.75) is 26.9 Å². The van der Waals surface area contributed by atoms with Crippen molar-refractivity contribution >= 4 is 77.4 Å². The van der Waals surface area contributed by atoms with Crippen LogP contribution in [-0.2, 0) is 36.7 Å². The molecule has 8 rings (SSSR count). The molecule has 6 aromatic heterocycles. The van der Waals surface area contributed by atoms with Crippen molar-refractivity contribution in [1.82, 2.24) is 50.1 Å². The van der Waals surface area contributed by atoms with Crippen LogP contribution in [0.2, 0.25) is 0 Å². The van der Waals surface area contributed by atoms with E-state index in [-0.39, 0.29) is 47.7 Å². The van der Waals surface area contributed by atoms with Crippen LogP contribution >= 0.6 is 31.9 Å². The van der Waals surface area contributed by atoms with Gasteiger partial charge in [0.1, 0.15) is 50.4 Å². The molecule has 0 saturated heterocycles. The normalized spacial score (nSPS) is 10.6. The summed E-state index contributed by atoms with van der Waals surface area (Å²) in [6.07, 6.45) is 5.60. The highest BCUT2D eigenvalue weighted by atomic mass is 79.9. The van der Waals surface area contributed by atoms with Gasteiger partial charge in [0.15, 0.2) is 17.4 Å². The van der Waals surface area contributed by atoms with Crippen molar-refractivity contribution in [3.63, 3.8) is 0 Å². The Hall–Kier alpha value is -7.86. The minimum absolute atomic E-state index is 0.0972. The second kappa shape index (κ2) is 23.9. The van der Waals surface area contributed by atoms with Crippen molar-refractivity contribution in [2.75, 3.05) is 41.7 Å². The third-order valence-corrected chi connectivity index (χ3v) is 11.2. The molecular weight excluding hydrogens is 1040 g/mol. The fourth-order valence-corrected chi connectivity index (χ4v) is 7.34. The van der Waals surface area contributed by atoms with Gasteiger partial charge in [0.25, 0.3) is 11.8 Å². The number of fused-ring (bicyclic) bond motifs is 2. The van der Waals surface area contributed by atoms with Crippen LogP contribution in [0.3, 0.4) is 0 Å². The van der Waals surface area contributed by atoms with Gasteiger partial charge in [-0.05, 0) is 82.1 Å². The SMILES string of the molecule is CCOC(=O)c1ocnc1-c1nc(C(=O)NCc2ccc(OC)cc2OC)cc2c1cnn2C.CCOC(=O)c1ocnc1Br.COc1ccc(CNC(=O)c2cc3c(cnn3C)c(Br)n2)c(OC)c1. The van der Waals surface area contributed by atoms with Gasteiger partial charge in [-0.25, -0.2) is 29.5 Å². The molecule has 0 unspecified atom stereocenters. The third kappa shape index (κ3) is 12.0. The number of carbonyl (C=O) groups excluding carboxylic acids is 4. The lowest BCUT2D eigenvalue weighted by Gasteiger charge is -2.12. The monoisotopic (exact) mass is 1090 g/mol. The molecule has 8 aromatic rings. The summed E-state index contributed by atoms with van der Waals surface area (Å²) < 4.78 is 45.1. The maximum Gasteiger partial charge on any atom is 0.377 e. The number of esters is 2. The lowest BCUT2D eigenvalue weighted by molar-refractivity contribution is 0.0481. The summed E-state index contributed by atoms with van der Waals surface area (Å²) in [4.78, 5) is 65.4. The fourth-order valence-electron chi connectivity index (χ4n) is 6.51. The molecule has 6 heterocycles. The minimum atomic E-state index is -0.671. The maximum atomic E-state index is 13.1. The molecule has 0 radical (unpaired) electrons. The molecule has 0 aliphatic rings. The highest BCUT2D eigenvalue weighted by Crippen LogP contribution is 2.31. The van der Waals surface area contributed by atoms with E-state index in [0.717, 1.165) is 28.4 Å². The molecule has 2 N–H and O–H groups in total. The zero-order chi connectivity index (χ0) is 50.5.